The van der Waals surface area contributed by atoms with Gasteiger partial charge in [0.25, 0.3) is 0 Å². The molecule has 2 bridgehead atoms. The second kappa shape index (κ2) is 6.20. The maximum absolute atomic E-state index is 12.7. The minimum Gasteiger partial charge on any atom is -0.481 e. The second-order valence-corrected chi connectivity index (χ2v) is 6.65. The zero-order chi connectivity index (χ0) is 17.4. The monoisotopic (exact) mass is 337 g/mol. The normalized spacial score (nSPS) is 26.7. The number of para-hydroxylation sites is 1. The average Bonchev–Trinajstić information content (AvgIpc) is 3.35. The Morgan fingerprint density at radius 3 is 2.68 bits per heavy atom. The molecule has 4 rings (SSSR count). The number of aromatic nitrogens is 2. The van der Waals surface area contributed by atoms with Crippen molar-refractivity contribution < 1.29 is 14.7 Å². The molecule has 128 valence electrons. The van der Waals surface area contributed by atoms with Crippen LogP contribution in [-0.2, 0) is 16.1 Å². The number of carboxylic acid groups (broad SMARTS) is 1. The average molecular weight is 337 g/mol. The summed E-state index contributed by atoms with van der Waals surface area (Å²) in [6.07, 6.45) is 9.97. The maximum Gasteiger partial charge on any atom is 0.307 e. The van der Waals surface area contributed by atoms with Gasteiger partial charge in [0.1, 0.15) is 0 Å². The highest BCUT2D eigenvalue weighted by molar-refractivity contribution is 5.86. The van der Waals surface area contributed by atoms with Gasteiger partial charge in [-0.05, 0) is 29.9 Å². The van der Waals surface area contributed by atoms with E-state index in [1.807, 2.05) is 47.2 Å². The lowest BCUT2D eigenvalue weighted by Gasteiger charge is -2.24. The standard InChI is InChI=1S/C19H19N3O3/c23-18(16-12-5-6-13(9-12)17(16)19(24)25)21-10-14-3-1-2-4-15(14)22-8-7-20-11-22/h1-8,11-13,16-17H,9-10H2,(H,21,23)(H,24,25). The Kier molecular flexibility index (Phi) is 3.87. The number of allylic oxidation sites excluding steroid dienone is 2. The topological polar surface area (TPSA) is 84.2 Å². The predicted octanol–water partition coefficient (Wildman–Crippen LogP) is 2.01. The molecule has 0 saturated heterocycles. The number of carbonyl (C=O) groups excluding carboxylic acids is 1. The molecule has 1 fully saturated rings. The first-order chi connectivity index (χ1) is 12.1. The molecule has 1 aromatic carbocycles. The Bertz CT molecular complexity index is 828. The van der Waals surface area contributed by atoms with Gasteiger partial charge in [-0.25, -0.2) is 4.98 Å². The van der Waals surface area contributed by atoms with Crippen LogP contribution in [0.5, 0.6) is 0 Å². The van der Waals surface area contributed by atoms with Crippen LogP contribution in [0.1, 0.15) is 12.0 Å². The van der Waals surface area contributed by atoms with Crippen molar-refractivity contribution in [2.24, 2.45) is 23.7 Å². The van der Waals surface area contributed by atoms with E-state index in [9.17, 15) is 14.7 Å². The Hall–Kier alpha value is -2.89. The molecule has 1 heterocycles. The van der Waals surface area contributed by atoms with Crippen molar-refractivity contribution in [3.8, 4) is 5.69 Å². The van der Waals surface area contributed by atoms with Crippen molar-refractivity contribution in [3.05, 3.63) is 60.7 Å². The lowest BCUT2D eigenvalue weighted by molar-refractivity contribution is -0.147. The summed E-state index contributed by atoms with van der Waals surface area (Å²) in [5.74, 6) is -2.13. The van der Waals surface area contributed by atoms with Crippen molar-refractivity contribution in [2.45, 2.75) is 13.0 Å². The zero-order valence-corrected chi connectivity index (χ0v) is 13.6. The fraction of sp³-hybridized carbons (Fsp3) is 0.316. The minimum atomic E-state index is -0.879. The molecule has 6 nitrogen and oxygen atoms in total. The third-order valence-corrected chi connectivity index (χ3v) is 5.27. The van der Waals surface area contributed by atoms with Gasteiger partial charge in [0.05, 0.1) is 23.9 Å². The molecule has 1 aromatic heterocycles. The number of rotatable bonds is 5. The molecule has 25 heavy (non-hydrogen) atoms. The van der Waals surface area contributed by atoms with E-state index in [-0.39, 0.29) is 17.7 Å². The lowest BCUT2D eigenvalue weighted by atomic mass is 9.82. The van der Waals surface area contributed by atoms with Gasteiger partial charge < -0.3 is 15.0 Å². The fourth-order valence-corrected chi connectivity index (χ4v) is 4.13. The van der Waals surface area contributed by atoms with E-state index in [4.69, 9.17) is 0 Å². The quantitative estimate of drug-likeness (QED) is 0.818. The fourth-order valence-electron chi connectivity index (χ4n) is 4.13. The van der Waals surface area contributed by atoms with Gasteiger partial charge in [-0.3, -0.25) is 9.59 Å². The number of carbonyl (C=O) groups is 2. The number of imidazole rings is 1. The summed E-state index contributed by atoms with van der Waals surface area (Å²) in [7, 11) is 0. The van der Waals surface area contributed by atoms with E-state index in [2.05, 4.69) is 10.3 Å². The van der Waals surface area contributed by atoms with Crippen LogP contribution in [0.25, 0.3) is 5.69 Å². The van der Waals surface area contributed by atoms with Gasteiger partial charge in [-0.2, -0.15) is 0 Å². The van der Waals surface area contributed by atoms with Gasteiger partial charge in [0, 0.05) is 18.9 Å². The molecule has 6 heteroatoms. The zero-order valence-electron chi connectivity index (χ0n) is 13.6. The SMILES string of the molecule is O=C(O)C1C2C=CC(C2)C1C(=O)NCc1ccccc1-n1ccnc1. The first kappa shape index (κ1) is 15.6. The molecule has 4 unspecified atom stereocenters. The highest BCUT2D eigenvalue weighted by atomic mass is 16.4. The van der Waals surface area contributed by atoms with Crippen molar-refractivity contribution in [3.63, 3.8) is 0 Å². The summed E-state index contributed by atoms with van der Waals surface area (Å²) < 4.78 is 1.89. The Morgan fingerprint density at radius 2 is 1.96 bits per heavy atom. The number of nitrogens with one attached hydrogen (secondary N) is 1. The van der Waals surface area contributed by atoms with Crippen LogP contribution in [-0.4, -0.2) is 26.5 Å². The van der Waals surface area contributed by atoms with E-state index in [0.717, 1.165) is 17.7 Å². The Balaban J connectivity index is 1.50. The number of aliphatic carboxylic acids is 1. The Morgan fingerprint density at radius 1 is 1.20 bits per heavy atom. The van der Waals surface area contributed by atoms with Crippen molar-refractivity contribution in [2.75, 3.05) is 0 Å². The molecule has 0 radical (unpaired) electrons. The summed E-state index contributed by atoms with van der Waals surface area (Å²) in [6.45, 7) is 0.358. The van der Waals surface area contributed by atoms with Gasteiger partial charge in [-0.15, -0.1) is 0 Å². The van der Waals surface area contributed by atoms with Gasteiger partial charge in [-0.1, -0.05) is 30.4 Å². The number of benzene rings is 1. The molecule has 0 spiro atoms. The first-order valence-corrected chi connectivity index (χ1v) is 8.40. The molecule has 2 aliphatic carbocycles. The summed E-state index contributed by atoms with van der Waals surface area (Å²) in [4.78, 5) is 28.3. The summed E-state index contributed by atoms with van der Waals surface area (Å²) in [5.41, 5.74) is 1.90. The molecule has 2 N–H and O–H groups in total. The molecule has 0 aliphatic heterocycles. The minimum absolute atomic E-state index is 0.0171. The largest absolute Gasteiger partial charge is 0.481 e. The molecular formula is C19H19N3O3. The number of nitrogens with zero attached hydrogens (tertiary/aromatic N) is 2. The smallest absolute Gasteiger partial charge is 0.307 e. The molecule has 2 aliphatic rings. The molecule has 1 saturated carbocycles. The second-order valence-electron chi connectivity index (χ2n) is 6.65. The molecule has 2 aromatic rings. The first-order valence-electron chi connectivity index (χ1n) is 8.40. The van der Waals surface area contributed by atoms with E-state index in [1.165, 1.54) is 0 Å². The molecular weight excluding hydrogens is 318 g/mol. The number of carboxylic acids is 1. The van der Waals surface area contributed by atoms with Gasteiger partial charge in [0.15, 0.2) is 0 Å². The summed E-state index contributed by atoms with van der Waals surface area (Å²) >= 11 is 0. The van der Waals surface area contributed by atoms with Crippen molar-refractivity contribution in [1.82, 2.24) is 14.9 Å². The van der Waals surface area contributed by atoms with Gasteiger partial charge >= 0.3 is 5.97 Å². The summed E-state index contributed by atoms with van der Waals surface area (Å²) in [6, 6.07) is 7.76. The summed E-state index contributed by atoms with van der Waals surface area (Å²) in [5, 5.41) is 12.4. The van der Waals surface area contributed by atoms with E-state index < -0.39 is 17.8 Å². The third kappa shape index (κ3) is 2.73. The number of fused-ring (bicyclic) bond motifs is 2. The van der Waals surface area contributed by atoms with E-state index >= 15 is 0 Å². The van der Waals surface area contributed by atoms with Crippen LogP contribution < -0.4 is 5.32 Å². The van der Waals surface area contributed by atoms with Crippen LogP contribution in [0.2, 0.25) is 0 Å². The van der Waals surface area contributed by atoms with Crippen LogP contribution in [0.15, 0.2) is 55.1 Å². The number of amides is 1. The van der Waals surface area contributed by atoms with E-state index in [1.54, 1.807) is 12.5 Å². The van der Waals surface area contributed by atoms with Crippen LogP contribution in [0.3, 0.4) is 0 Å². The lowest BCUT2D eigenvalue weighted by Crippen LogP contribution is -2.40. The van der Waals surface area contributed by atoms with Crippen molar-refractivity contribution in [1.29, 1.82) is 0 Å². The highest BCUT2D eigenvalue weighted by Crippen LogP contribution is 2.48. The predicted molar refractivity (Wildman–Crippen MR) is 90.8 cm³/mol. The number of hydrogen-bond acceptors (Lipinski definition) is 3. The van der Waals surface area contributed by atoms with Crippen molar-refractivity contribution >= 4 is 11.9 Å². The number of hydrogen-bond donors (Lipinski definition) is 2. The molecule has 4 atom stereocenters. The van der Waals surface area contributed by atoms with Crippen LogP contribution in [0.4, 0.5) is 0 Å². The van der Waals surface area contributed by atoms with Crippen LogP contribution >= 0.6 is 0 Å². The highest BCUT2D eigenvalue weighted by Gasteiger charge is 2.51. The molecule has 1 amide bonds. The third-order valence-electron chi connectivity index (χ3n) is 5.27. The Labute approximate surface area is 145 Å². The van der Waals surface area contributed by atoms with Gasteiger partial charge in [0.2, 0.25) is 5.91 Å². The maximum atomic E-state index is 12.7. The van der Waals surface area contributed by atoms with E-state index in [0.29, 0.717) is 6.54 Å². The van der Waals surface area contributed by atoms with Crippen LogP contribution in [0, 0.1) is 23.7 Å².